The number of pyridine rings is 1. The number of carbonyl (C=O) groups excluding carboxylic acids is 1. The number of aryl methyl sites for hydroxylation is 1. The van der Waals surface area contributed by atoms with Crippen molar-refractivity contribution in [1.82, 2.24) is 24.8 Å². The number of nitrogens with one attached hydrogen (secondary N) is 2. The summed E-state index contributed by atoms with van der Waals surface area (Å²) >= 11 is 0. The first-order valence-corrected chi connectivity index (χ1v) is 9.60. The molecule has 1 amide bonds. The van der Waals surface area contributed by atoms with Gasteiger partial charge < -0.3 is 10.3 Å². The Balaban J connectivity index is 1.38. The molecule has 3 heterocycles. The summed E-state index contributed by atoms with van der Waals surface area (Å²) in [6.07, 6.45) is 9.95. The lowest BCUT2D eigenvalue weighted by atomic mass is 9.86. The monoisotopic (exact) mass is 371 g/mol. The average Bonchev–Trinajstić information content (AvgIpc) is 3.40. The average molecular weight is 371 g/mol. The fourth-order valence-electron chi connectivity index (χ4n) is 4.17. The van der Waals surface area contributed by atoms with Gasteiger partial charge in [0.25, 0.3) is 0 Å². The maximum absolute atomic E-state index is 13.0. The van der Waals surface area contributed by atoms with Crippen molar-refractivity contribution in [3.8, 4) is 5.82 Å². The maximum atomic E-state index is 13.0. The predicted octanol–water partition coefficient (Wildman–Crippen LogP) is 3.48. The van der Waals surface area contributed by atoms with Gasteiger partial charge >= 0.3 is 0 Å². The summed E-state index contributed by atoms with van der Waals surface area (Å²) in [6.45, 7) is 0.437. The highest BCUT2D eigenvalue weighted by atomic mass is 16.1. The fraction of sp³-hybridized carbons (Fsp3) is 0.227. The molecule has 0 unspecified atom stereocenters. The van der Waals surface area contributed by atoms with E-state index in [0.29, 0.717) is 6.54 Å². The summed E-state index contributed by atoms with van der Waals surface area (Å²) in [5.41, 5.74) is 4.44. The zero-order valence-electron chi connectivity index (χ0n) is 15.4. The van der Waals surface area contributed by atoms with Crippen LogP contribution < -0.4 is 5.32 Å². The van der Waals surface area contributed by atoms with Crippen LogP contribution in [0, 0.1) is 0 Å². The Bertz CT molecular complexity index is 1130. The summed E-state index contributed by atoms with van der Waals surface area (Å²) in [5.74, 6) is 0.715. The summed E-state index contributed by atoms with van der Waals surface area (Å²) in [6, 6.07) is 12.2. The van der Waals surface area contributed by atoms with Crippen LogP contribution in [0.4, 0.5) is 0 Å². The Morgan fingerprint density at radius 3 is 3.04 bits per heavy atom. The lowest BCUT2D eigenvalue weighted by Gasteiger charge is -2.22. The van der Waals surface area contributed by atoms with Crippen LogP contribution >= 0.6 is 0 Å². The summed E-state index contributed by atoms with van der Waals surface area (Å²) in [5, 5.41) is 4.36. The highest BCUT2D eigenvalue weighted by Crippen LogP contribution is 2.36. The van der Waals surface area contributed by atoms with E-state index in [9.17, 15) is 4.79 Å². The van der Waals surface area contributed by atoms with Gasteiger partial charge in [0.05, 0.1) is 5.92 Å². The number of aromatic amines is 1. The van der Waals surface area contributed by atoms with Crippen LogP contribution in [-0.2, 0) is 17.8 Å². The highest BCUT2D eigenvalue weighted by molar-refractivity contribution is 5.90. The van der Waals surface area contributed by atoms with E-state index >= 15 is 0 Å². The SMILES string of the molecule is O=C(NCc1cccnc1-n1ccnc1)[C@@H]1CCCc2c1[nH]c1ccccc21. The first-order valence-electron chi connectivity index (χ1n) is 9.60. The number of H-pyrrole nitrogens is 1. The second-order valence-electron chi connectivity index (χ2n) is 7.18. The van der Waals surface area contributed by atoms with Crippen molar-refractivity contribution in [2.75, 3.05) is 0 Å². The van der Waals surface area contributed by atoms with Gasteiger partial charge in [-0.15, -0.1) is 0 Å². The van der Waals surface area contributed by atoms with Crippen molar-refractivity contribution >= 4 is 16.8 Å². The van der Waals surface area contributed by atoms with E-state index < -0.39 is 0 Å². The minimum absolute atomic E-state index is 0.0629. The largest absolute Gasteiger partial charge is 0.357 e. The van der Waals surface area contributed by atoms with Crippen LogP contribution in [-0.4, -0.2) is 25.4 Å². The molecule has 1 aliphatic carbocycles. The number of aromatic nitrogens is 4. The third kappa shape index (κ3) is 2.87. The predicted molar refractivity (Wildman–Crippen MR) is 107 cm³/mol. The Labute approximate surface area is 162 Å². The number of benzene rings is 1. The maximum Gasteiger partial charge on any atom is 0.229 e. The minimum Gasteiger partial charge on any atom is -0.357 e. The molecular formula is C22H21N5O. The lowest BCUT2D eigenvalue weighted by Crippen LogP contribution is -2.31. The first kappa shape index (κ1) is 16.7. The lowest BCUT2D eigenvalue weighted by molar-refractivity contribution is -0.123. The second kappa shape index (κ2) is 6.96. The molecule has 4 aromatic rings. The van der Waals surface area contributed by atoms with Crippen molar-refractivity contribution in [2.24, 2.45) is 0 Å². The van der Waals surface area contributed by atoms with Gasteiger partial charge in [-0.25, -0.2) is 9.97 Å². The molecule has 0 bridgehead atoms. The molecule has 28 heavy (non-hydrogen) atoms. The van der Waals surface area contributed by atoms with Crippen molar-refractivity contribution in [1.29, 1.82) is 0 Å². The van der Waals surface area contributed by atoms with E-state index in [0.717, 1.165) is 41.9 Å². The van der Waals surface area contributed by atoms with Crippen molar-refractivity contribution in [3.63, 3.8) is 0 Å². The number of rotatable bonds is 4. The van der Waals surface area contributed by atoms with E-state index in [4.69, 9.17) is 0 Å². The van der Waals surface area contributed by atoms with Crippen LogP contribution in [0.15, 0.2) is 61.3 Å². The zero-order chi connectivity index (χ0) is 18.9. The van der Waals surface area contributed by atoms with E-state index in [1.165, 1.54) is 10.9 Å². The number of amides is 1. The third-order valence-electron chi connectivity index (χ3n) is 5.50. The number of hydrogen-bond donors (Lipinski definition) is 2. The van der Waals surface area contributed by atoms with Crippen LogP contribution in [0.3, 0.4) is 0 Å². The molecule has 1 aliphatic rings. The quantitative estimate of drug-likeness (QED) is 0.577. The topological polar surface area (TPSA) is 75.6 Å². The molecule has 1 atom stereocenters. The molecule has 0 saturated heterocycles. The summed E-state index contributed by atoms with van der Waals surface area (Å²) < 4.78 is 1.86. The van der Waals surface area contributed by atoms with Crippen molar-refractivity contribution < 1.29 is 4.79 Å². The van der Waals surface area contributed by atoms with Gasteiger partial charge in [-0.1, -0.05) is 24.3 Å². The smallest absolute Gasteiger partial charge is 0.229 e. The van der Waals surface area contributed by atoms with Gasteiger partial charge in [-0.2, -0.15) is 0 Å². The molecule has 140 valence electrons. The number of imidazole rings is 1. The highest BCUT2D eigenvalue weighted by Gasteiger charge is 2.29. The van der Waals surface area contributed by atoms with Crippen molar-refractivity contribution in [3.05, 3.63) is 78.1 Å². The Morgan fingerprint density at radius 1 is 1.21 bits per heavy atom. The van der Waals surface area contributed by atoms with Crippen molar-refractivity contribution in [2.45, 2.75) is 31.7 Å². The Kier molecular flexibility index (Phi) is 4.16. The van der Waals surface area contributed by atoms with Gasteiger partial charge in [-0.05, 0) is 37.0 Å². The molecule has 2 N–H and O–H groups in total. The summed E-state index contributed by atoms with van der Waals surface area (Å²) in [4.78, 5) is 25.1. The molecule has 6 heteroatoms. The fourth-order valence-corrected chi connectivity index (χ4v) is 4.17. The van der Waals surface area contributed by atoms with E-state index in [1.807, 2.05) is 29.0 Å². The molecule has 5 rings (SSSR count). The van der Waals surface area contributed by atoms with E-state index in [1.54, 1.807) is 18.7 Å². The number of nitrogens with zero attached hydrogens (tertiary/aromatic N) is 3. The van der Waals surface area contributed by atoms with E-state index in [2.05, 4.69) is 38.5 Å². The summed E-state index contributed by atoms with van der Waals surface area (Å²) in [7, 11) is 0. The third-order valence-corrected chi connectivity index (χ3v) is 5.50. The second-order valence-corrected chi connectivity index (χ2v) is 7.18. The van der Waals surface area contributed by atoms with Gasteiger partial charge in [0.15, 0.2) is 0 Å². The van der Waals surface area contributed by atoms with E-state index in [-0.39, 0.29) is 11.8 Å². The van der Waals surface area contributed by atoms with Gasteiger partial charge in [0.1, 0.15) is 12.1 Å². The van der Waals surface area contributed by atoms with Crippen LogP contribution in [0.1, 0.15) is 35.6 Å². The minimum atomic E-state index is -0.135. The molecule has 6 nitrogen and oxygen atoms in total. The number of carbonyl (C=O) groups is 1. The number of fused-ring (bicyclic) bond motifs is 3. The molecule has 3 aromatic heterocycles. The van der Waals surface area contributed by atoms with Crippen LogP contribution in [0.25, 0.3) is 16.7 Å². The first-order chi connectivity index (χ1) is 13.8. The molecular weight excluding hydrogens is 350 g/mol. The molecule has 0 spiro atoms. The van der Waals surface area contributed by atoms with Crippen LogP contribution in [0.5, 0.6) is 0 Å². The van der Waals surface area contributed by atoms with Gasteiger partial charge in [-0.3, -0.25) is 9.36 Å². The molecule has 0 radical (unpaired) electrons. The van der Waals surface area contributed by atoms with Gasteiger partial charge in [0.2, 0.25) is 5.91 Å². The van der Waals surface area contributed by atoms with Crippen LogP contribution in [0.2, 0.25) is 0 Å². The van der Waals surface area contributed by atoms with Gasteiger partial charge in [0, 0.05) is 47.3 Å². The number of hydrogen-bond acceptors (Lipinski definition) is 3. The Morgan fingerprint density at radius 2 is 2.14 bits per heavy atom. The normalized spacial score (nSPS) is 16.1. The Hall–Kier alpha value is -3.41. The molecule has 0 fully saturated rings. The molecule has 0 saturated carbocycles. The number of para-hydroxylation sites is 1. The standard InChI is InChI=1S/C22H21N5O/c28-22(25-13-15-5-4-10-24-21(15)27-12-11-23-14-27)18-8-3-7-17-16-6-1-2-9-19(16)26-20(17)18/h1-2,4-6,9-12,14,18,26H,3,7-8,13H2,(H,25,28)/t18-/m1/s1. The molecule has 0 aliphatic heterocycles. The zero-order valence-corrected chi connectivity index (χ0v) is 15.4. The molecule has 1 aromatic carbocycles.